The van der Waals surface area contributed by atoms with E-state index in [0.717, 1.165) is 33.5 Å². The first-order valence-electron chi connectivity index (χ1n) is 9.44. The van der Waals surface area contributed by atoms with Gasteiger partial charge in [0.25, 0.3) is 0 Å². The Balaban J connectivity index is 2.00. The molecule has 1 atom stereocenters. The molecule has 144 valence electrons. The molecule has 0 aromatic heterocycles. The molecule has 4 rings (SSSR count). The van der Waals surface area contributed by atoms with Gasteiger partial charge in [-0.05, 0) is 41.7 Å². The van der Waals surface area contributed by atoms with Crippen LogP contribution < -0.4 is 10.2 Å². The highest BCUT2D eigenvalue weighted by atomic mass is 79.9. The lowest BCUT2D eigenvalue weighted by atomic mass is 9.73. The molecular weight excluding hydrogens is 416 g/mol. The lowest BCUT2D eigenvalue weighted by Gasteiger charge is -2.36. The van der Waals surface area contributed by atoms with E-state index in [1.54, 1.807) is 11.8 Å². The van der Waals surface area contributed by atoms with Crippen molar-refractivity contribution >= 4 is 39.0 Å². The van der Waals surface area contributed by atoms with Gasteiger partial charge in [0.05, 0.1) is 17.4 Å². The van der Waals surface area contributed by atoms with Crippen LogP contribution in [0.3, 0.4) is 0 Å². The predicted octanol–water partition coefficient (Wildman–Crippen LogP) is 5.61. The molecule has 4 nitrogen and oxygen atoms in total. The summed E-state index contributed by atoms with van der Waals surface area (Å²) in [6, 6.07) is 15.2. The van der Waals surface area contributed by atoms with Crippen LogP contribution in [-0.4, -0.2) is 11.7 Å². The van der Waals surface area contributed by atoms with Gasteiger partial charge in [0.1, 0.15) is 0 Å². The summed E-state index contributed by atoms with van der Waals surface area (Å²) >= 11 is 3.48. The molecule has 0 fully saturated rings. The minimum atomic E-state index is -0.444. The molecule has 1 N–H and O–H groups in total. The number of anilines is 2. The lowest BCUT2D eigenvalue weighted by Crippen LogP contribution is -2.38. The number of hydrogen-bond donors (Lipinski definition) is 1. The molecule has 0 bridgehead atoms. The number of allylic oxidation sites excluding steroid dienone is 1. The Morgan fingerprint density at radius 2 is 1.79 bits per heavy atom. The third-order valence-corrected chi connectivity index (χ3v) is 5.95. The zero-order chi connectivity index (χ0) is 20.1. The number of halogens is 1. The average Bonchev–Trinajstić information content (AvgIpc) is 2.75. The van der Waals surface area contributed by atoms with Gasteiger partial charge in [-0.1, -0.05) is 54.0 Å². The van der Waals surface area contributed by atoms with Gasteiger partial charge in [0, 0.05) is 29.1 Å². The van der Waals surface area contributed by atoms with Gasteiger partial charge in [-0.2, -0.15) is 0 Å². The minimum absolute atomic E-state index is 0.0893. The smallest absolute Gasteiger partial charge is 0.224 e. The number of carbonyl (C=O) groups is 2. The SMILES string of the molecule is CC(=O)N1c2ccccc2NC2=C(C(=O)CC(C)(C)C2)[C@H]1c1ccc(Br)cc1. The van der Waals surface area contributed by atoms with Crippen LogP contribution in [0.5, 0.6) is 0 Å². The van der Waals surface area contributed by atoms with Gasteiger partial charge in [-0.25, -0.2) is 0 Å². The second kappa shape index (κ2) is 6.89. The quantitative estimate of drug-likeness (QED) is 0.628. The van der Waals surface area contributed by atoms with E-state index in [4.69, 9.17) is 0 Å². The number of benzene rings is 2. The fourth-order valence-electron chi connectivity index (χ4n) is 4.30. The second-order valence-corrected chi connectivity index (χ2v) is 9.23. The maximum Gasteiger partial charge on any atom is 0.224 e. The molecule has 1 aliphatic heterocycles. The Morgan fingerprint density at radius 1 is 1.11 bits per heavy atom. The number of rotatable bonds is 1. The zero-order valence-corrected chi connectivity index (χ0v) is 17.8. The van der Waals surface area contributed by atoms with E-state index < -0.39 is 6.04 Å². The largest absolute Gasteiger partial charge is 0.357 e. The number of ketones is 1. The molecule has 0 saturated heterocycles. The molecule has 2 aliphatic rings. The maximum absolute atomic E-state index is 13.3. The topological polar surface area (TPSA) is 49.4 Å². The van der Waals surface area contributed by atoms with Crippen molar-refractivity contribution in [1.82, 2.24) is 0 Å². The van der Waals surface area contributed by atoms with E-state index in [-0.39, 0.29) is 17.1 Å². The van der Waals surface area contributed by atoms with E-state index in [1.165, 1.54) is 0 Å². The highest BCUT2D eigenvalue weighted by Gasteiger charge is 2.42. The summed E-state index contributed by atoms with van der Waals surface area (Å²) in [7, 11) is 0. The Kier molecular flexibility index (Phi) is 4.66. The first-order chi connectivity index (χ1) is 13.3. The van der Waals surface area contributed by atoms with Crippen LogP contribution in [0.4, 0.5) is 11.4 Å². The van der Waals surface area contributed by atoms with Gasteiger partial charge >= 0.3 is 0 Å². The zero-order valence-electron chi connectivity index (χ0n) is 16.3. The normalized spacial score (nSPS) is 20.8. The number of fused-ring (bicyclic) bond motifs is 1. The molecule has 0 unspecified atom stereocenters. The van der Waals surface area contributed by atoms with E-state index in [1.807, 2.05) is 48.5 Å². The van der Waals surface area contributed by atoms with Gasteiger partial charge in [-0.15, -0.1) is 0 Å². The van der Waals surface area contributed by atoms with Crippen LogP contribution in [0.2, 0.25) is 0 Å². The molecule has 1 aliphatic carbocycles. The first-order valence-corrected chi connectivity index (χ1v) is 10.2. The summed E-state index contributed by atoms with van der Waals surface area (Å²) in [4.78, 5) is 27.9. The summed E-state index contributed by atoms with van der Waals surface area (Å²) in [5, 5.41) is 3.50. The van der Waals surface area contributed by atoms with Crippen LogP contribution in [0.1, 0.15) is 45.2 Å². The fourth-order valence-corrected chi connectivity index (χ4v) is 4.56. The van der Waals surface area contributed by atoms with Gasteiger partial charge in [-0.3, -0.25) is 14.5 Å². The molecule has 0 radical (unpaired) electrons. The number of amides is 1. The Bertz CT molecular complexity index is 992. The second-order valence-electron chi connectivity index (χ2n) is 8.32. The standard InChI is InChI=1S/C23H23BrN2O2/c1-14(27)26-19-7-5-4-6-17(19)25-18-12-23(2,3)13-20(28)21(18)22(26)15-8-10-16(24)11-9-15/h4-11,22,25H,12-13H2,1-3H3/t22-/m1/s1. The van der Waals surface area contributed by atoms with Crippen molar-refractivity contribution < 1.29 is 9.59 Å². The highest BCUT2D eigenvalue weighted by molar-refractivity contribution is 9.10. The molecule has 2 aromatic rings. The number of carbonyl (C=O) groups excluding carboxylic acids is 2. The summed E-state index contributed by atoms with van der Waals surface area (Å²) < 4.78 is 0.961. The van der Waals surface area contributed by atoms with Crippen LogP contribution in [-0.2, 0) is 9.59 Å². The summed E-state index contributed by atoms with van der Waals surface area (Å²) in [6.45, 7) is 5.79. The van der Waals surface area contributed by atoms with Crippen molar-refractivity contribution in [2.75, 3.05) is 10.2 Å². The maximum atomic E-state index is 13.3. The van der Waals surface area contributed by atoms with Crippen LogP contribution in [0.15, 0.2) is 64.3 Å². The van der Waals surface area contributed by atoms with Crippen molar-refractivity contribution in [2.24, 2.45) is 5.41 Å². The third kappa shape index (κ3) is 3.28. The van der Waals surface area contributed by atoms with Gasteiger partial charge < -0.3 is 5.32 Å². The lowest BCUT2D eigenvalue weighted by molar-refractivity contribution is -0.118. The Labute approximate surface area is 173 Å². The van der Waals surface area contributed by atoms with Crippen molar-refractivity contribution in [1.29, 1.82) is 0 Å². The van der Waals surface area contributed by atoms with Gasteiger partial charge in [0.2, 0.25) is 5.91 Å². The monoisotopic (exact) mass is 438 g/mol. The first kappa shape index (κ1) is 18.9. The van der Waals surface area contributed by atoms with Crippen LogP contribution >= 0.6 is 15.9 Å². The Hall–Kier alpha value is -2.40. The molecule has 0 spiro atoms. The van der Waals surface area contributed by atoms with E-state index in [2.05, 4.69) is 35.1 Å². The van der Waals surface area contributed by atoms with Crippen molar-refractivity contribution in [2.45, 2.75) is 39.7 Å². The Morgan fingerprint density at radius 3 is 2.46 bits per heavy atom. The van der Waals surface area contributed by atoms with Gasteiger partial charge in [0.15, 0.2) is 5.78 Å². The van der Waals surface area contributed by atoms with Crippen molar-refractivity contribution in [3.05, 3.63) is 69.8 Å². The molecular formula is C23H23BrN2O2. The molecule has 1 heterocycles. The highest BCUT2D eigenvalue weighted by Crippen LogP contribution is 2.48. The van der Waals surface area contributed by atoms with Crippen LogP contribution in [0, 0.1) is 5.41 Å². The number of nitrogens with zero attached hydrogens (tertiary/aromatic N) is 1. The van der Waals surface area contributed by atoms with E-state index in [0.29, 0.717) is 12.0 Å². The summed E-state index contributed by atoms with van der Waals surface area (Å²) in [5.74, 6) is 0.0132. The third-order valence-electron chi connectivity index (χ3n) is 5.43. The van der Waals surface area contributed by atoms with E-state index >= 15 is 0 Å². The fraction of sp³-hybridized carbons (Fsp3) is 0.304. The van der Waals surface area contributed by atoms with Crippen LogP contribution in [0.25, 0.3) is 0 Å². The molecule has 0 saturated carbocycles. The predicted molar refractivity (Wildman–Crippen MR) is 115 cm³/mol. The molecule has 2 aromatic carbocycles. The number of Topliss-reactive ketones (excluding diaryl/α,β-unsaturated/α-hetero) is 1. The molecule has 5 heteroatoms. The van der Waals surface area contributed by atoms with Crippen molar-refractivity contribution in [3.8, 4) is 0 Å². The minimum Gasteiger partial charge on any atom is -0.357 e. The molecule has 1 amide bonds. The number of hydrogen-bond acceptors (Lipinski definition) is 3. The van der Waals surface area contributed by atoms with E-state index in [9.17, 15) is 9.59 Å². The van der Waals surface area contributed by atoms with Crippen molar-refractivity contribution in [3.63, 3.8) is 0 Å². The number of para-hydroxylation sites is 2. The number of nitrogens with one attached hydrogen (secondary N) is 1. The summed E-state index contributed by atoms with van der Waals surface area (Å²) in [6.07, 6.45) is 1.24. The average molecular weight is 439 g/mol. The molecule has 28 heavy (non-hydrogen) atoms. The summed E-state index contributed by atoms with van der Waals surface area (Å²) in [5.41, 5.74) is 4.09.